The molecule has 2 aromatic rings. The molecule has 10 atom stereocenters. The van der Waals surface area contributed by atoms with Crippen molar-refractivity contribution < 1.29 is 91.1 Å². The highest BCUT2D eigenvalue weighted by Gasteiger charge is 2.49. The van der Waals surface area contributed by atoms with Crippen molar-refractivity contribution in [3.8, 4) is 5.75 Å². The molecule has 0 radical (unpaired) electrons. The number of hydrogen-bond acceptors (Lipinski definition) is 17. The third kappa shape index (κ3) is 10.0. The second-order valence-electron chi connectivity index (χ2n) is 10.5. The molecule has 0 aliphatic carbocycles. The van der Waals surface area contributed by atoms with Crippen LogP contribution in [-0.2, 0) is 47.7 Å². The molecule has 4 rings (SSSR count). The Bertz CT molecular complexity index is 1800. The summed E-state index contributed by atoms with van der Waals surface area (Å²) in [5.74, 6) is -0.421. The van der Waals surface area contributed by atoms with Gasteiger partial charge < -0.3 is 54.6 Å². The van der Waals surface area contributed by atoms with E-state index in [2.05, 4.69) is 27.9 Å². The van der Waals surface area contributed by atoms with Crippen molar-refractivity contribution in [2.24, 2.45) is 0 Å². The first-order valence-electron chi connectivity index (χ1n) is 13.7. The predicted molar refractivity (Wildman–Crippen MR) is 154 cm³/mol. The number of aromatic hydroxyl groups is 1. The number of aliphatic hydroxyl groups excluding tert-OH is 4. The zero-order valence-corrected chi connectivity index (χ0v) is 27.5. The van der Waals surface area contributed by atoms with Crippen molar-refractivity contribution in [3.63, 3.8) is 0 Å². The fraction of sp³-hybridized carbons (Fsp3) is 0.545. The van der Waals surface area contributed by atoms with Gasteiger partial charge in [-0.3, -0.25) is 32.9 Å². The van der Waals surface area contributed by atoms with E-state index in [1.54, 1.807) is 0 Å². The van der Waals surface area contributed by atoms with Crippen LogP contribution in [0.5, 0.6) is 5.75 Å². The number of aryl methyl sites for hydroxylation is 1. The lowest BCUT2D eigenvalue weighted by atomic mass is 10.0. The molecule has 0 bridgehead atoms. The second-order valence-corrected chi connectivity index (χ2v) is 14.7. The average molecular weight is 765 g/mol. The number of aromatic amines is 1. The van der Waals surface area contributed by atoms with Crippen molar-refractivity contribution in [1.82, 2.24) is 14.5 Å². The van der Waals surface area contributed by atoms with E-state index in [0.29, 0.717) is 4.57 Å². The average Bonchev–Trinajstić information content (AvgIpc) is 3.27. The summed E-state index contributed by atoms with van der Waals surface area (Å²) < 4.78 is 65.0. The van der Waals surface area contributed by atoms with Gasteiger partial charge in [0.25, 0.3) is 5.56 Å². The molecule has 274 valence electrons. The highest BCUT2D eigenvalue weighted by Crippen LogP contribution is 2.61. The van der Waals surface area contributed by atoms with Gasteiger partial charge in [-0.1, -0.05) is 0 Å². The molecule has 11 N–H and O–H groups in total. The number of rotatable bonds is 13. The van der Waals surface area contributed by atoms with Gasteiger partial charge in [-0.25, -0.2) is 23.5 Å². The van der Waals surface area contributed by atoms with Crippen molar-refractivity contribution in [3.05, 3.63) is 56.1 Å². The fourth-order valence-electron chi connectivity index (χ4n) is 4.50. The lowest BCUT2D eigenvalue weighted by Gasteiger charge is -2.33. The Morgan fingerprint density at radius 3 is 2.39 bits per heavy atom. The minimum Gasteiger partial charge on any atom is -0.505 e. The first-order chi connectivity index (χ1) is 22.7. The number of phosphoric ester groups is 3. The smallest absolute Gasteiger partial charge is 0.483 e. The standard InChI is InChI=1S/C22H31N4O20P3/c1-9-15(28)11(10(4-23-9)6-42-47(34,35)36)5-24-12-7-41-21(19(32)16(12)29)45-49(39,40)46-48(37,38)43-8-13-17(30)18(31)20(44-13)26-3-2-14(27)25-22(26)33/h2-5,12-13,16-21,28-32H,6-8H2,1H3,(H,37,38)(H,39,40)(H,25,27,33)(H2,34,35,36)/p+1/t12-,13+,16-,17+,18+,19+,20+,21+/m0/s1. The van der Waals surface area contributed by atoms with E-state index in [1.165, 1.54) is 6.92 Å². The molecule has 27 heteroatoms. The van der Waals surface area contributed by atoms with E-state index in [1.807, 2.05) is 4.98 Å². The van der Waals surface area contributed by atoms with Gasteiger partial charge in [0.05, 0.1) is 24.5 Å². The summed E-state index contributed by atoms with van der Waals surface area (Å²) in [6.45, 7) is -0.877. The second kappa shape index (κ2) is 15.4. The Labute approximate surface area is 273 Å². The molecule has 4 heterocycles. The maximum Gasteiger partial charge on any atom is 0.483 e. The molecule has 2 fully saturated rings. The number of aromatic nitrogens is 3. The van der Waals surface area contributed by atoms with Crippen molar-refractivity contribution in [1.29, 1.82) is 0 Å². The summed E-state index contributed by atoms with van der Waals surface area (Å²) >= 11 is 0. The zero-order valence-electron chi connectivity index (χ0n) is 24.8. The number of H-pyrrole nitrogens is 1. The van der Waals surface area contributed by atoms with Crippen LogP contribution < -0.4 is 16.2 Å². The summed E-state index contributed by atoms with van der Waals surface area (Å²) in [4.78, 5) is 69.7. The topological polar surface area (TPSA) is 370 Å². The zero-order chi connectivity index (χ0) is 36.5. The van der Waals surface area contributed by atoms with Gasteiger partial charge in [-0.05, 0) is 6.92 Å². The first kappa shape index (κ1) is 39.2. The minimum atomic E-state index is -5.64. The molecule has 0 saturated carbocycles. The fourth-order valence-corrected chi connectivity index (χ4v) is 6.98. The lowest BCUT2D eigenvalue weighted by Crippen LogP contribution is -2.84. The Kier molecular flexibility index (Phi) is 12.3. The van der Waals surface area contributed by atoms with E-state index >= 15 is 0 Å². The largest absolute Gasteiger partial charge is 0.505 e. The van der Waals surface area contributed by atoms with Crippen molar-refractivity contribution in [2.45, 2.75) is 62.6 Å². The number of ether oxygens (including phenoxy) is 2. The number of nitrogens with zero attached hydrogens (tertiary/aromatic N) is 2. The molecule has 0 amide bonds. The highest BCUT2D eigenvalue weighted by molar-refractivity contribution is 7.61. The van der Waals surface area contributed by atoms with E-state index < -0.39 is 109 Å². The monoisotopic (exact) mass is 765 g/mol. The van der Waals surface area contributed by atoms with Crippen LogP contribution in [0.4, 0.5) is 0 Å². The molecule has 2 aliphatic rings. The summed E-state index contributed by atoms with van der Waals surface area (Å²) in [6, 6.07) is -0.279. The number of pyridine rings is 1. The quantitative estimate of drug-likeness (QED) is 0.0672. The van der Waals surface area contributed by atoms with Gasteiger partial charge in [0.2, 0.25) is 6.04 Å². The molecule has 2 aliphatic heterocycles. The molecule has 2 aromatic heterocycles. The van der Waals surface area contributed by atoms with Gasteiger partial charge >= 0.3 is 29.2 Å². The molecular weight excluding hydrogens is 733 g/mol. The number of nitrogens with one attached hydrogen (secondary N) is 2. The van der Waals surface area contributed by atoms with Crippen LogP contribution in [-0.4, -0.2) is 122 Å². The Morgan fingerprint density at radius 1 is 1.04 bits per heavy atom. The van der Waals surface area contributed by atoms with E-state index in [-0.39, 0.29) is 16.8 Å². The Balaban J connectivity index is 1.34. The van der Waals surface area contributed by atoms with Gasteiger partial charge in [0, 0.05) is 24.0 Å². The number of aliphatic hydroxyl groups is 4. The van der Waals surface area contributed by atoms with Crippen LogP contribution >= 0.6 is 23.5 Å². The normalized spacial score (nSPS) is 30.3. The SMILES string of the molecule is Cc1ncc(COP(=O)(O)O)c(C=[NH+][C@H]2CO[C@H](OP(=O)(O)OP(=O)(O)OC[C@H]3O[C@@H](n4ccc(=O)[nH]c4=O)[C@H](O)[C@@H]3O)[C@H](O)[C@H]2O)c1O. The van der Waals surface area contributed by atoms with Crippen LogP contribution in [0, 0.1) is 6.92 Å². The first-order valence-corrected chi connectivity index (χ1v) is 18.2. The van der Waals surface area contributed by atoms with Gasteiger partial charge in [0.15, 0.2) is 18.7 Å². The highest BCUT2D eigenvalue weighted by atomic mass is 31.3. The Morgan fingerprint density at radius 2 is 1.73 bits per heavy atom. The Hall–Kier alpha value is -2.57. The van der Waals surface area contributed by atoms with Crippen LogP contribution in [0.3, 0.4) is 0 Å². The lowest BCUT2D eigenvalue weighted by molar-refractivity contribution is -0.532. The van der Waals surface area contributed by atoms with Gasteiger partial charge in [-0.15, -0.1) is 0 Å². The van der Waals surface area contributed by atoms with E-state index in [9.17, 15) is 58.6 Å². The predicted octanol–water partition coefficient (Wildman–Crippen LogP) is -4.93. The summed E-state index contributed by atoms with van der Waals surface area (Å²) in [5, 5.41) is 51.9. The minimum absolute atomic E-state index is 0.00941. The van der Waals surface area contributed by atoms with Gasteiger partial charge in [-0.2, -0.15) is 4.31 Å². The third-order valence-electron chi connectivity index (χ3n) is 6.98. The molecule has 2 saturated heterocycles. The van der Waals surface area contributed by atoms with Gasteiger partial charge in [0.1, 0.15) is 42.9 Å². The van der Waals surface area contributed by atoms with Crippen molar-refractivity contribution >= 4 is 29.7 Å². The number of hydrogen-bond donors (Lipinski definition) is 11. The van der Waals surface area contributed by atoms with Crippen LogP contribution in [0.1, 0.15) is 23.0 Å². The maximum absolute atomic E-state index is 12.5. The molecule has 2 unspecified atom stereocenters. The third-order valence-corrected chi connectivity index (χ3v) is 10.0. The molecule has 0 aromatic carbocycles. The van der Waals surface area contributed by atoms with Crippen LogP contribution in [0.15, 0.2) is 28.0 Å². The van der Waals surface area contributed by atoms with E-state index in [4.69, 9.17) is 19.3 Å². The van der Waals surface area contributed by atoms with Crippen molar-refractivity contribution in [2.75, 3.05) is 13.2 Å². The summed E-state index contributed by atoms with van der Waals surface area (Å²) in [7, 11) is -16.1. The van der Waals surface area contributed by atoms with Crippen LogP contribution in [0.2, 0.25) is 0 Å². The molecule has 0 spiro atoms. The van der Waals surface area contributed by atoms with Crippen LogP contribution in [0.25, 0.3) is 0 Å². The molecule has 49 heavy (non-hydrogen) atoms. The molecular formula is C22H32N4O20P3+. The maximum atomic E-state index is 12.5. The number of phosphoric acid groups is 3. The summed E-state index contributed by atoms with van der Waals surface area (Å²) in [5.41, 5.74) is -1.71. The molecule has 24 nitrogen and oxygen atoms in total. The van der Waals surface area contributed by atoms with E-state index in [0.717, 1.165) is 24.7 Å². The summed E-state index contributed by atoms with van der Waals surface area (Å²) in [6.07, 6.45) is -9.64.